The monoisotopic (exact) mass is 894 g/mol. The smallest absolute Gasteiger partial charge is 0.272 e. The number of nitrogens with one attached hydrogen (secondary N) is 2. The Kier molecular flexibility index (Phi) is 25.7. The molecule has 1 aromatic carbocycles. The molecule has 13 nitrogen and oxygen atoms in total. The molecule has 0 spiro atoms. The number of hydrogen-bond acceptors (Lipinski definition) is 11. The highest BCUT2D eigenvalue weighted by molar-refractivity contribution is 5.92. The molecule has 2 aliphatic rings. The quantitative estimate of drug-likeness (QED) is 0.122. The molecule has 0 radical (unpaired) electrons. The van der Waals surface area contributed by atoms with E-state index in [9.17, 15) is 14.9 Å². The molecule has 2 saturated carbocycles. The van der Waals surface area contributed by atoms with Gasteiger partial charge in [-0.05, 0) is 129 Å². The average molecular weight is 894 g/mol. The lowest BCUT2D eigenvalue weighted by atomic mass is 9.92. The lowest BCUT2D eigenvalue weighted by molar-refractivity contribution is 0.0886. The fourth-order valence-corrected chi connectivity index (χ4v) is 7.41. The number of amides is 2. The van der Waals surface area contributed by atoms with E-state index < -0.39 is 0 Å². The van der Waals surface area contributed by atoms with E-state index in [2.05, 4.69) is 62.9 Å². The molecule has 0 atom stereocenters. The van der Waals surface area contributed by atoms with Crippen molar-refractivity contribution in [2.45, 2.75) is 190 Å². The Hall–Kier alpha value is -5.95. The number of rotatable bonds is 12. The Morgan fingerprint density at radius 3 is 1.71 bits per heavy atom. The van der Waals surface area contributed by atoms with Crippen molar-refractivity contribution >= 4 is 11.8 Å². The average Bonchev–Trinajstić information content (AvgIpc) is 3.33. The van der Waals surface area contributed by atoms with Crippen LogP contribution in [0.2, 0.25) is 0 Å². The van der Waals surface area contributed by atoms with Crippen molar-refractivity contribution in [3.63, 3.8) is 0 Å². The van der Waals surface area contributed by atoms with Crippen LogP contribution < -0.4 is 15.4 Å². The molecule has 6 rings (SSSR count). The van der Waals surface area contributed by atoms with Crippen molar-refractivity contribution in [2.75, 3.05) is 0 Å². The van der Waals surface area contributed by atoms with Gasteiger partial charge in [0.15, 0.2) is 11.4 Å². The third-order valence-electron chi connectivity index (χ3n) is 11.0. The predicted molar refractivity (Wildman–Crippen MR) is 262 cm³/mol. The van der Waals surface area contributed by atoms with Gasteiger partial charge in [0.25, 0.3) is 11.8 Å². The standard InChI is InChI=1S/C25H32N4O2.C14H21N3O.C9H10N2O.2C2H6.2H2/c1-5-6-21-17(4)24(14-7-18(21)15-26)31-20-10-8-19(9-11-20)27-25(30)23-13-12-22(16(2)3)28-29-23;1-10(2)12-8-9-13(17-16-12)14(18)15-11-6-4-3-5-7-11;1-2-3-7-4-8(12)6-11-9(7)5-10;2*1-2;;/h7,12-14,16,19-20H,5-6,8-11H2,1-4H3,(H,27,30);8-11H,3-7H2,1-2H3,(H,15,18);4,6,12H,2-3H2,1H3;2*1-2H3;2*1H. The van der Waals surface area contributed by atoms with E-state index >= 15 is 0 Å². The minimum absolute atomic E-state index is 0. The van der Waals surface area contributed by atoms with E-state index in [0.717, 1.165) is 104 Å². The number of carbonyl (C=O) groups excluding carboxylic acids is 2. The first kappa shape index (κ1) is 55.2. The van der Waals surface area contributed by atoms with E-state index in [0.29, 0.717) is 29.0 Å². The molecular weight excluding hydrogens is 815 g/mol. The molecule has 3 aromatic heterocycles. The number of aromatic nitrogens is 5. The zero-order valence-electron chi connectivity index (χ0n) is 41.0. The third-order valence-corrected chi connectivity index (χ3v) is 11.0. The van der Waals surface area contributed by atoms with Crippen LogP contribution in [0.25, 0.3) is 0 Å². The SMILES string of the molecule is CC.CC.CC(C)c1ccc(C(=O)NC2CCCCC2)nn1.CCCc1c(C#N)ccc(OC2CCC(NC(=O)c3ccc(C(C)C)nn3)CC2)c1C.CCCc1cc(O)cnc1C#N.[HH].[HH]. The topological polar surface area (TPSA) is 200 Å². The first-order valence-corrected chi connectivity index (χ1v) is 23.9. The molecule has 65 heavy (non-hydrogen) atoms. The summed E-state index contributed by atoms with van der Waals surface area (Å²) in [6.07, 6.45) is 14.4. The summed E-state index contributed by atoms with van der Waals surface area (Å²) in [5.41, 5.74) is 6.72. The molecule has 2 fully saturated rings. The van der Waals surface area contributed by atoms with Crippen molar-refractivity contribution in [1.29, 1.82) is 10.5 Å². The van der Waals surface area contributed by atoms with Crippen LogP contribution in [0.3, 0.4) is 0 Å². The summed E-state index contributed by atoms with van der Waals surface area (Å²) in [6, 6.07) is 17.3. The molecule has 2 amide bonds. The summed E-state index contributed by atoms with van der Waals surface area (Å²) in [6.45, 7) is 22.4. The first-order valence-electron chi connectivity index (χ1n) is 23.9. The number of benzene rings is 1. The van der Waals surface area contributed by atoms with Crippen LogP contribution in [-0.4, -0.2) is 60.5 Å². The normalized spacial score (nSPS) is 15.4. The van der Waals surface area contributed by atoms with Gasteiger partial charge in [-0.3, -0.25) is 9.59 Å². The summed E-state index contributed by atoms with van der Waals surface area (Å²) >= 11 is 0. The second-order valence-electron chi connectivity index (χ2n) is 16.5. The van der Waals surface area contributed by atoms with Gasteiger partial charge in [-0.1, -0.05) is 101 Å². The Balaban J connectivity index is 0.00000103. The number of hydrogen-bond donors (Lipinski definition) is 3. The second-order valence-corrected chi connectivity index (χ2v) is 16.5. The number of aromatic hydroxyl groups is 1. The molecule has 13 heteroatoms. The van der Waals surface area contributed by atoms with Crippen LogP contribution in [0.5, 0.6) is 11.5 Å². The fourth-order valence-electron chi connectivity index (χ4n) is 7.41. The van der Waals surface area contributed by atoms with Crippen LogP contribution in [0.15, 0.2) is 48.7 Å². The zero-order chi connectivity index (χ0) is 48.3. The number of pyridine rings is 1. The van der Waals surface area contributed by atoms with Crippen LogP contribution in [0, 0.1) is 29.6 Å². The number of aryl methyl sites for hydroxylation is 1. The van der Waals surface area contributed by atoms with E-state index in [1.807, 2.05) is 85.7 Å². The molecule has 0 unspecified atom stereocenters. The molecular formula is C52H79N9O4. The lowest BCUT2D eigenvalue weighted by Crippen LogP contribution is -2.40. The molecule has 3 heterocycles. The Morgan fingerprint density at radius 2 is 1.26 bits per heavy atom. The predicted octanol–water partition coefficient (Wildman–Crippen LogP) is 11.7. The number of ether oxygens (including phenoxy) is 1. The minimum atomic E-state index is -0.167. The van der Waals surface area contributed by atoms with E-state index in [1.165, 1.54) is 25.5 Å². The van der Waals surface area contributed by atoms with E-state index in [-0.39, 0.29) is 38.5 Å². The molecule has 356 valence electrons. The van der Waals surface area contributed by atoms with Gasteiger partial charge in [0.05, 0.1) is 35.3 Å². The Bertz CT molecular complexity index is 2110. The Morgan fingerprint density at radius 1 is 0.738 bits per heavy atom. The summed E-state index contributed by atoms with van der Waals surface area (Å²) in [4.78, 5) is 28.3. The number of nitrogens with zero attached hydrogens (tertiary/aromatic N) is 7. The number of nitriles is 2. The lowest BCUT2D eigenvalue weighted by Gasteiger charge is -2.30. The molecule has 0 bridgehead atoms. The maximum atomic E-state index is 12.5. The molecule has 4 aromatic rings. The first-order chi connectivity index (χ1) is 31.4. The van der Waals surface area contributed by atoms with Crippen LogP contribution in [-0.2, 0) is 12.8 Å². The van der Waals surface area contributed by atoms with Crippen molar-refractivity contribution < 1.29 is 22.3 Å². The van der Waals surface area contributed by atoms with Crippen molar-refractivity contribution in [3.8, 4) is 23.6 Å². The highest BCUT2D eigenvalue weighted by Gasteiger charge is 2.25. The summed E-state index contributed by atoms with van der Waals surface area (Å²) < 4.78 is 6.30. The van der Waals surface area contributed by atoms with Gasteiger partial charge >= 0.3 is 0 Å². The third kappa shape index (κ3) is 18.2. The second kappa shape index (κ2) is 30.2. The molecule has 3 N–H and O–H groups in total. The van der Waals surface area contributed by atoms with Gasteiger partial charge < -0.3 is 20.5 Å². The molecule has 0 aliphatic heterocycles. The van der Waals surface area contributed by atoms with Crippen molar-refractivity contribution in [1.82, 2.24) is 36.0 Å². The molecule has 0 saturated heterocycles. The van der Waals surface area contributed by atoms with Crippen molar-refractivity contribution in [2.24, 2.45) is 0 Å². The molecule has 2 aliphatic carbocycles. The highest BCUT2D eigenvalue weighted by atomic mass is 16.5. The fraction of sp³-hybridized carbons (Fsp3) is 0.558. The summed E-state index contributed by atoms with van der Waals surface area (Å²) in [7, 11) is 0. The van der Waals surface area contributed by atoms with Gasteiger partial charge in [-0.25, -0.2) is 4.98 Å². The summed E-state index contributed by atoms with van der Waals surface area (Å²) in [5, 5.41) is 49.5. The van der Waals surface area contributed by atoms with Gasteiger partial charge in [0.1, 0.15) is 23.3 Å². The Labute approximate surface area is 392 Å². The zero-order valence-corrected chi connectivity index (χ0v) is 41.0. The van der Waals surface area contributed by atoms with E-state index in [4.69, 9.17) is 15.1 Å². The van der Waals surface area contributed by atoms with Gasteiger partial charge in [0.2, 0.25) is 0 Å². The van der Waals surface area contributed by atoms with Crippen LogP contribution in [0.4, 0.5) is 0 Å². The van der Waals surface area contributed by atoms with Gasteiger partial charge in [0, 0.05) is 14.9 Å². The minimum Gasteiger partial charge on any atom is -0.506 e. The number of carbonyl (C=O) groups is 2. The maximum absolute atomic E-state index is 12.5. The largest absolute Gasteiger partial charge is 0.506 e. The van der Waals surface area contributed by atoms with Gasteiger partial charge in [-0.15, -0.1) is 10.2 Å². The van der Waals surface area contributed by atoms with Gasteiger partial charge in [-0.2, -0.15) is 20.7 Å². The maximum Gasteiger partial charge on any atom is 0.272 e. The highest BCUT2D eigenvalue weighted by Crippen LogP contribution is 2.30. The van der Waals surface area contributed by atoms with Crippen LogP contribution in [0.1, 0.15) is 215 Å². The van der Waals surface area contributed by atoms with Crippen molar-refractivity contribution in [3.05, 3.63) is 99.4 Å². The summed E-state index contributed by atoms with van der Waals surface area (Å²) in [5.74, 6) is 1.36. The van der Waals surface area contributed by atoms with Crippen LogP contribution >= 0.6 is 0 Å². The van der Waals surface area contributed by atoms with E-state index in [1.54, 1.807) is 18.2 Å².